The van der Waals surface area contributed by atoms with E-state index in [2.05, 4.69) is 5.32 Å². The van der Waals surface area contributed by atoms with Crippen molar-refractivity contribution in [3.05, 3.63) is 34.6 Å². The van der Waals surface area contributed by atoms with Gasteiger partial charge in [-0.15, -0.1) is 0 Å². The Morgan fingerprint density at radius 2 is 1.96 bits per heavy atom. The summed E-state index contributed by atoms with van der Waals surface area (Å²) in [4.78, 5) is 12.2. The monoisotopic (exact) mass is 363 g/mol. The minimum atomic E-state index is -3.44. The second-order valence-electron chi connectivity index (χ2n) is 5.53. The van der Waals surface area contributed by atoms with Gasteiger partial charge in [0, 0.05) is 33.2 Å². The molecule has 128 valence electrons. The third-order valence-corrected chi connectivity index (χ3v) is 6.02. The Morgan fingerprint density at radius 3 is 2.48 bits per heavy atom. The first kappa shape index (κ1) is 18.1. The fraction of sp³-hybridized carbons (Fsp3) is 0.500. The second-order valence-corrected chi connectivity index (χ2v) is 8.08. The van der Waals surface area contributed by atoms with Gasteiger partial charge in [-0.1, -0.05) is 17.7 Å². The third kappa shape index (κ3) is 4.00. The molecule has 0 spiro atoms. The highest BCUT2D eigenvalue weighted by Gasteiger charge is 2.30. The number of benzene rings is 1. The van der Waals surface area contributed by atoms with Crippen molar-refractivity contribution in [3.8, 4) is 0 Å². The quantitative estimate of drug-likeness (QED) is 0.880. The van der Waals surface area contributed by atoms with E-state index in [1.165, 1.54) is 36.6 Å². The highest BCUT2D eigenvalue weighted by atomic mass is 35.5. The first-order valence-corrected chi connectivity index (χ1v) is 8.93. The van der Waals surface area contributed by atoms with Crippen LogP contribution in [0.3, 0.4) is 0 Å². The molecule has 0 aliphatic carbocycles. The van der Waals surface area contributed by atoms with E-state index in [0.717, 1.165) is 4.31 Å². The van der Waals surface area contributed by atoms with Crippen LogP contribution < -0.4 is 5.32 Å². The maximum atomic E-state index is 13.7. The summed E-state index contributed by atoms with van der Waals surface area (Å²) in [5, 5.41) is 2.77. The summed E-state index contributed by atoms with van der Waals surface area (Å²) < 4.78 is 40.3. The number of piperidine rings is 1. The molecule has 9 heteroatoms. The van der Waals surface area contributed by atoms with E-state index in [1.807, 2.05) is 0 Å². The molecule has 1 heterocycles. The molecular formula is C14H19ClFN3O3S. The summed E-state index contributed by atoms with van der Waals surface area (Å²) in [5.74, 6) is -1.26. The molecule has 1 saturated heterocycles. The van der Waals surface area contributed by atoms with Gasteiger partial charge in [0.05, 0.1) is 10.6 Å². The maximum absolute atomic E-state index is 13.7. The molecule has 1 aliphatic heterocycles. The van der Waals surface area contributed by atoms with Gasteiger partial charge in [0.25, 0.3) is 16.1 Å². The van der Waals surface area contributed by atoms with Gasteiger partial charge < -0.3 is 5.32 Å². The number of hydrogen-bond acceptors (Lipinski definition) is 3. The SMILES string of the molecule is CN(C)S(=O)(=O)N1CCC(NC(=O)c2c(F)cccc2Cl)CC1. The fourth-order valence-corrected chi connectivity index (χ4v) is 3.82. The molecular weight excluding hydrogens is 345 g/mol. The van der Waals surface area contributed by atoms with E-state index < -0.39 is 21.9 Å². The van der Waals surface area contributed by atoms with Crippen molar-refractivity contribution in [2.45, 2.75) is 18.9 Å². The Morgan fingerprint density at radius 1 is 1.35 bits per heavy atom. The van der Waals surface area contributed by atoms with Gasteiger partial charge in [0.1, 0.15) is 5.82 Å². The zero-order valence-electron chi connectivity index (χ0n) is 12.9. The first-order chi connectivity index (χ1) is 10.7. The first-order valence-electron chi connectivity index (χ1n) is 7.16. The zero-order valence-corrected chi connectivity index (χ0v) is 14.5. The minimum Gasteiger partial charge on any atom is -0.349 e. The highest BCUT2D eigenvalue weighted by Crippen LogP contribution is 2.20. The number of hydrogen-bond donors (Lipinski definition) is 1. The van der Waals surface area contributed by atoms with Crippen molar-refractivity contribution in [2.75, 3.05) is 27.2 Å². The second kappa shape index (κ2) is 7.12. The Labute approximate surface area is 140 Å². The van der Waals surface area contributed by atoms with Gasteiger partial charge in [0.2, 0.25) is 0 Å². The van der Waals surface area contributed by atoms with E-state index in [4.69, 9.17) is 11.6 Å². The molecule has 0 atom stereocenters. The molecule has 6 nitrogen and oxygen atoms in total. The summed E-state index contributed by atoms with van der Waals surface area (Å²) in [5.41, 5.74) is -0.183. The summed E-state index contributed by atoms with van der Waals surface area (Å²) in [6.07, 6.45) is 0.926. The fourth-order valence-electron chi connectivity index (χ4n) is 2.43. The summed E-state index contributed by atoms with van der Waals surface area (Å²) in [6, 6.07) is 3.84. The average Bonchev–Trinajstić information content (AvgIpc) is 2.47. The number of nitrogens with zero attached hydrogens (tertiary/aromatic N) is 2. The molecule has 23 heavy (non-hydrogen) atoms. The molecule has 0 radical (unpaired) electrons. The average molecular weight is 364 g/mol. The van der Waals surface area contributed by atoms with E-state index in [0.29, 0.717) is 25.9 Å². The number of carbonyl (C=O) groups excluding carboxylic acids is 1. The predicted octanol–water partition coefficient (Wildman–Crippen LogP) is 1.48. The molecule has 2 rings (SSSR count). The number of nitrogens with one attached hydrogen (secondary N) is 1. The van der Waals surface area contributed by atoms with Crippen molar-refractivity contribution >= 4 is 27.7 Å². The number of carbonyl (C=O) groups is 1. The zero-order chi connectivity index (χ0) is 17.2. The summed E-state index contributed by atoms with van der Waals surface area (Å²) in [6.45, 7) is 0.604. The van der Waals surface area contributed by atoms with Gasteiger partial charge in [-0.2, -0.15) is 17.0 Å². The maximum Gasteiger partial charge on any atom is 0.281 e. The lowest BCUT2D eigenvalue weighted by atomic mass is 10.1. The van der Waals surface area contributed by atoms with Crippen molar-refractivity contribution in [3.63, 3.8) is 0 Å². The van der Waals surface area contributed by atoms with Gasteiger partial charge in [-0.05, 0) is 25.0 Å². The van der Waals surface area contributed by atoms with E-state index in [-0.39, 0.29) is 16.6 Å². The molecule has 1 amide bonds. The predicted molar refractivity (Wildman–Crippen MR) is 86.1 cm³/mol. The minimum absolute atomic E-state index is 0.0510. The van der Waals surface area contributed by atoms with Crippen LogP contribution in [-0.2, 0) is 10.2 Å². The van der Waals surface area contributed by atoms with Crippen LogP contribution in [0.4, 0.5) is 4.39 Å². The Balaban J connectivity index is 1.98. The lowest BCUT2D eigenvalue weighted by molar-refractivity contribution is 0.0919. The van der Waals surface area contributed by atoms with Crippen molar-refractivity contribution in [2.24, 2.45) is 0 Å². The molecule has 0 aromatic heterocycles. The van der Waals surface area contributed by atoms with Crippen molar-refractivity contribution < 1.29 is 17.6 Å². The van der Waals surface area contributed by atoms with Crippen LogP contribution in [0.1, 0.15) is 23.2 Å². The van der Waals surface area contributed by atoms with Crippen LogP contribution >= 0.6 is 11.6 Å². The number of rotatable bonds is 4. The van der Waals surface area contributed by atoms with E-state index >= 15 is 0 Å². The van der Waals surface area contributed by atoms with E-state index in [1.54, 1.807) is 0 Å². The molecule has 1 N–H and O–H groups in total. The molecule has 1 aromatic rings. The normalized spacial score (nSPS) is 17.4. The molecule has 0 bridgehead atoms. The van der Waals surface area contributed by atoms with Crippen LogP contribution in [0.15, 0.2) is 18.2 Å². The third-order valence-electron chi connectivity index (χ3n) is 3.77. The molecule has 0 unspecified atom stereocenters. The van der Waals surface area contributed by atoms with Crippen molar-refractivity contribution in [1.29, 1.82) is 0 Å². The van der Waals surface area contributed by atoms with Crippen LogP contribution in [0.25, 0.3) is 0 Å². The molecule has 0 saturated carbocycles. The molecule has 1 fully saturated rings. The van der Waals surface area contributed by atoms with Crippen LogP contribution in [0.5, 0.6) is 0 Å². The topological polar surface area (TPSA) is 69.7 Å². The molecule has 1 aromatic carbocycles. The van der Waals surface area contributed by atoms with Gasteiger partial charge in [-0.3, -0.25) is 4.79 Å². The standard InChI is InChI=1S/C14H19ClFN3O3S/c1-18(2)23(21,22)19-8-6-10(7-9-19)17-14(20)13-11(15)4-3-5-12(13)16/h3-5,10H,6-9H2,1-2H3,(H,17,20). The number of halogens is 2. The van der Waals surface area contributed by atoms with Crippen LogP contribution in [0, 0.1) is 5.82 Å². The van der Waals surface area contributed by atoms with Gasteiger partial charge >= 0.3 is 0 Å². The summed E-state index contributed by atoms with van der Waals surface area (Å²) >= 11 is 5.87. The highest BCUT2D eigenvalue weighted by molar-refractivity contribution is 7.86. The Hall–Kier alpha value is -1.22. The Bertz CT molecular complexity index is 668. The Kier molecular flexibility index (Phi) is 5.61. The number of amides is 1. The van der Waals surface area contributed by atoms with Gasteiger partial charge in [-0.25, -0.2) is 4.39 Å². The van der Waals surface area contributed by atoms with Crippen LogP contribution in [0.2, 0.25) is 5.02 Å². The smallest absolute Gasteiger partial charge is 0.281 e. The largest absolute Gasteiger partial charge is 0.349 e. The summed E-state index contributed by atoms with van der Waals surface area (Å²) in [7, 11) is -0.493. The van der Waals surface area contributed by atoms with Gasteiger partial charge in [0.15, 0.2) is 0 Å². The molecule has 1 aliphatic rings. The lowest BCUT2D eigenvalue weighted by Gasteiger charge is -2.33. The van der Waals surface area contributed by atoms with E-state index in [9.17, 15) is 17.6 Å². The lowest BCUT2D eigenvalue weighted by Crippen LogP contribution is -2.49. The van der Waals surface area contributed by atoms with Crippen LogP contribution in [-0.4, -0.2) is 56.2 Å². The van der Waals surface area contributed by atoms with Crippen molar-refractivity contribution in [1.82, 2.24) is 13.9 Å².